The highest BCUT2D eigenvalue weighted by Gasteiger charge is 2.22. The minimum absolute atomic E-state index is 0.0132. The van der Waals surface area contributed by atoms with E-state index in [1.165, 1.54) is 19.2 Å². The van der Waals surface area contributed by atoms with Gasteiger partial charge >= 0.3 is 0 Å². The Bertz CT molecular complexity index is 949. The molecule has 0 fully saturated rings. The molecule has 1 heterocycles. The maximum absolute atomic E-state index is 11.9. The molecule has 2 aromatic carbocycles. The van der Waals surface area contributed by atoms with E-state index < -0.39 is 10.8 Å². The number of hydrazone groups is 1. The van der Waals surface area contributed by atoms with Crippen molar-refractivity contribution in [2.75, 3.05) is 20.5 Å². The average Bonchev–Trinajstić information content (AvgIpc) is 3.13. The second-order valence-electron chi connectivity index (χ2n) is 5.40. The first-order valence-electron chi connectivity index (χ1n) is 7.84. The van der Waals surface area contributed by atoms with Crippen LogP contribution in [0.4, 0.5) is 5.69 Å². The number of carbonyl (C=O) groups is 1. The van der Waals surface area contributed by atoms with Gasteiger partial charge < -0.3 is 18.9 Å². The van der Waals surface area contributed by atoms with Crippen LogP contribution in [-0.2, 0) is 4.79 Å². The number of nitrogens with one attached hydrogen (secondary N) is 1. The van der Waals surface area contributed by atoms with Gasteiger partial charge in [-0.2, -0.15) is 5.10 Å². The average molecular weight is 452 g/mol. The highest BCUT2D eigenvalue weighted by atomic mass is 79.9. The third kappa shape index (κ3) is 4.49. The summed E-state index contributed by atoms with van der Waals surface area (Å²) in [6.45, 7) is -0.334. The van der Waals surface area contributed by atoms with Crippen LogP contribution in [-0.4, -0.2) is 37.6 Å². The molecule has 1 aliphatic rings. The summed E-state index contributed by atoms with van der Waals surface area (Å²) in [6, 6.07) is 7.75. The number of nitro groups is 1. The van der Waals surface area contributed by atoms with Crippen molar-refractivity contribution in [3.8, 4) is 23.0 Å². The Labute approximate surface area is 167 Å². The smallest absolute Gasteiger partial charge is 0.282 e. The van der Waals surface area contributed by atoms with Gasteiger partial charge in [-0.1, -0.05) is 15.9 Å². The molecule has 3 rings (SSSR count). The number of hydrogen-bond acceptors (Lipinski definition) is 8. The molecule has 1 N–H and O–H groups in total. The van der Waals surface area contributed by atoms with E-state index in [0.717, 1.165) is 10.7 Å². The van der Waals surface area contributed by atoms with Crippen molar-refractivity contribution >= 4 is 33.7 Å². The van der Waals surface area contributed by atoms with Crippen LogP contribution in [0.15, 0.2) is 39.9 Å². The lowest BCUT2D eigenvalue weighted by molar-refractivity contribution is -0.385. The zero-order chi connectivity index (χ0) is 20.1. The van der Waals surface area contributed by atoms with E-state index in [4.69, 9.17) is 18.9 Å². The number of ether oxygens (including phenoxy) is 4. The van der Waals surface area contributed by atoms with Gasteiger partial charge in [-0.05, 0) is 24.3 Å². The molecule has 1 aliphatic heterocycles. The second-order valence-corrected chi connectivity index (χ2v) is 6.31. The monoisotopic (exact) mass is 451 g/mol. The van der Waals surface area contributed by atoms with Gasteiger partial charge in [-0.15, -0.1) is 0 Å². The third-order valence-corrected chi connectivity index (χ3v) is 4.09. The Hall–Kier alpha value is -3.34. The van der Waals surface area contributed by atoms with E-state index in [1.807, 2.05) is 0 Å². The summed E-state index contributed by atoms with van der Waals surface area (Å²) >= 11 is 3.31. The number of carbonyl (C=O) groups excluding carboxylic acids is 1. The summed E-state index contributed by atoms with van der Waals surface area (Å²) in [5.74, 6) is 0.941. The van der Waals surface area contributed by atoms with Crippen molar-refractivity contribution in [3.05, 3.63) is 50.5 Å². The van der Waals surface area contributed by atoms with E-state index in [-0.39, 0.29) is 30.4 Å². The summed E-state index contributed by atoms with van der Waals surface area (Å²) < 4.78 is 21.7. The van der Waals surface area contributed by atoms with Crippen LogP contribution in [0, 0.1) is 10.1 Å². The predicted molar refractivity (Wildman–Crippen MR) is 101 cm³/mol. The Morgan fingerprint density at radius 2 is 2.07 bits per heavy atom. The SMILES string of the molecule is COc1cc(Br)ccc1OCC(=O)N/N=C\c1cc2c(cc1[N+](=O)[O-])OCO2. The predicted octanol–water partition coefficient (Wildman–Crippen LogP) is 2.62. The molecule has 0 spiro atoms. The molecule has 0 saturated carbocycles. The summed E-state index contributed by atoms with van der Waals surface area (Å²) in [7, 11) is 1.48. The van der Waals surface area contributed by atoms with Crippen molar-refractivity contribution in [1.29, 1.82) is 0 Å². The summed E-state index contributed by atoms with van der Waals surface area (Å²) in [6.07, 6.45) is 1.15. The number of halogens is 1. The van der Waals surface area contributed by atoms with Crippen LogP contribution in [0.25, 0.3) is 0 Å². The molecular weight excluding hydrogens is 438 g/mol. The molecule has 146 valence electrons. The lowest BCUT2D eigenvalue weighted by atomic mass is 10.1. The van der Waals surface area contributed by atoms with E-state index in [1.54, 1.807) is 18.2 Å². The number of benzene rings is 2. The normalized spacial score (nSPS) is 12.1. The first-order chi connectivity index (χ1) is 13.5. The van der Waals surface area contributed by atoms with Gasteiger partial charge in [0.05, 0.1) is 29.9 Å². The molecule has 2 aromatic rings. The quantitative estimate of drug-likeness (QED) is 0.389. The maximum Gasteiger partial charge on any atom is 0.282 e. The first-order valence-corrected chi connectivity index (χ1v) is 8.63. The molecule has 0 saturated heterocycles. The van der Waals surface area contributed by atoms with Crippen LogP contribution >= 0.6 is 15.9 Å². The fraction of sp³-hybridized carbons (Fsp3) is 0.176. The van der Waals surface area contributed by atoms with Crippen LogP contribution in [0.1, 0.15) is 5.56 Å². The maximum atomic E-state index is 11.9. The van der Waals surface area contributed by atoms with E-state index in [9.17, 15) is 14.9 Å². The van der Waals surface area contributed by atoms with Gasteiger partial charge in [0, 0.05) is 4.47 Å². The summed E-state index contributed by atoms with van der Waals surface area (Å²) in [4.78, 5) is 22.5. The van der Waals surface area contributed by atoms with E-state index in [2.05, 4.69) is 26.5 Å². The van der Waals surface area contributed by atoms with Gasteiger partial charge in [0.1, 0.15) is 0 Å². The molecule has 0 bridgehead atoms. The van der Waals surface area contributed by atoms with Gasteiger partial charge in [0.15, 0.2) is 29.6 Å². The lowest BCUT2D eigenvalue weighted by Gasteiger charge is -2.10. The zero-order valence-corrected chi connectivity index (χ0v) is 16.1. The number of nitrogens with zero attached hydrogens (tertiary/aromatic N) is 2. The van der Waals surface area contributed by atoms with Crippen molar-refractivity contribution in [2.45, 2.75) is 0 Å². The standard InChI is InChI=1S/C17H14BrN3O7/c1-25-14-5-11(18)2-3-13(14)26-8-17(22)20-19-7-10-4-15-16(28-9-27-15)6-12(10)21(23)24/h2-7H,8-9H2,1H3,(H,20,22)/b19-7-. The number of nitro benzene ring substituents is 1. The van der Waals surface area contributed by atoms with Crippen LogP contribution < -0.4 is 24.4 Å². The Morgan fingerprint density at radius 1 is 1.32 bits per heavy atom. The van der Waals surface area contributed by atoms with E-state index in [0.29, 0.717) is 17.2 Å². The molecule has 0 aromatic heterocycles. The zero-order valence-electron chi connectivity index (χ0n) is 14.5. The Kier molecular flexibility index (Phi) is 5.94. The lowest BCUT2D eigenvalue weighted by Crippen LogP contribution is -2.24. The van der Waals surface area contributed by atoms with Gasteiger partial charge in [-0.3, -0.25) is 14.9 Å². The van der Waals surface area contributed by atoms with Crippen molar-refractivity contribution in [1.82, 2.24) is 5.43 Å². The van der Waals surface area contributed by atoms with E-state index >= 15 is 0 Å². The molecule has 11 heteroatoms. The highest BCUT2D eigenvalue weighted by molar-refractivity contribution is 9.10. The van der Waals surface area contributed by atoms with Crippen molar-refractivity contribution in [2.24, 2.45) is 5.10 Å². The minimum atomic E-state index is -0.575. The molecule has 10 nitrogen and oxygen atoms in total. The van der Waals surface area contributed by atoms with Crippen LogP contribution in [0.5, 0.6) is 23.0 Å². The molecule has 1 amide bonds. The van der Waals surface area contributed by atoms with Gasteiger partial charge in [-0.25, -0.2) is 5.43 Å². The highest BCUT2D eigenvalue weighted by Crippen LogP contribution is 2.37. The number of fused-ring (bicyclic) bond motifs is 1. The van der Waals surface area contributed by atoms with Gasteiger partial charge in [0.25, 0.3) is 11.6 Å². The number of rotatable bonds is 7. The fourth-order valence-corrected chi connectivity index (χ4v) is 2.66. The van der Waals surface area contributed by atoms with Crippen LogP contribution in [0.3, 0.4) is 0 Å². The number of methoxy groups -OCH3 is 1. The van der Waals surface area contributed by atoms with Gasteiger partial charge in [0.2, 0.25) is 6.79 Å². The molecule has 0 radical (unpaired) electrons. The fourth-order valence-electron chi connectivity index (χ4n) is 2.32. The van der Waals surface area contributed by atoms with Crippen LogP contribution in [0.2, 0.25) is 0 Å². The largest absolute Gasteiger partial charge is 0.493 e. The number of hydrogen-bond donors (Lipinski definition) is 1. The summed E-state index contributed by atoms with van der Waals surface area (Å²) in [5.41, 5.74) is 2.18. The van der Waals surface area contributed by atoms with Crippen molar-refractivity contribution in [3.63, 3.8) is 0 Å². The molecule has 0 aliphatic carbocycles. The van der Waals surface area contributed by atoms with Crippen molar-refractivity contribution < 1.29 is 28.7 Å². The number of amides is 1. The third-order valence-electron chi connectivity index (χ3n) is 3.60. The topological polar surface area (TPSA) is 122 Å². The second kappa shape index (κ2) is 8.57. The molecule has 0 atom stereocenters. The minimum Gasteiger partial charge on any atom is -0.493 e. The molecule has 0 unspecified atom stereocenters. The Morgan fingerprint density at radius 3 is 2.79 bits per heavy atom. The Balaban J connectivity index is 1.62. The first kappa shape index (κ1) is 19.4. The molecular formula is C17H14BrN3O7. The molecule has 28 heavy (non-hydrogen) atoms. The summed E-state index contributed by atoms with van der Waals surface area (Å²) in [5, 5.41) is 14.9.